The number of primary amides is 1. The van der Waals surface area contributed by atoms with E-state index in [9.17, 15) is 19.2 Å². The van der Waals surface area contributed by atoms with Gasteiger partial charge < -0.3 is 10.6 Å². The summed E-state index contributed by atoms with van der Waals surface area (Å²) in [5.74, 6) is -2.03. The van der Waals surface area contributed by atoms with Crippen LogP contribution in [0.2, 0.25) is 0 Å². The van der Waals surface area contributed by atoms with Gasteiger partial charge in [-0.15, -0.1) is 0 Å². The Hall–Kier alpha value is -3.21. The third-order valence-electron chi connectivity index (χ3n) is 4.05. The Bertz CT molecular complexity index is 808. The largest absolute Gasteiger partial charge is 0.366 e. The van der Waals surface area contributed by atoms with Crippen molar-refractivity contribution < 1.29 is 19.2 Å². The van der Waals surface area contributed by atoms with Crippen LogP contribution in [0.3, 0.4) is 0 Å². The number of hydrogen-bond donors (Lipinski definition) is 2. The smallest absolute Gasteiger partial charge is 0.255 e. The maximum Gasteiger partial charge on any atom is 0.255 e. The molecule has 8 heteroatoms. The average molecular weight is 312 g/mol. The van der Waals surface area contributed by atoms with Crippen LogP contribution in [-0.2, 0) is 16.1 Å². The quantitative estimate of drug-likeness (QED) is 0.705. The summed E-state index contributed by atoms with van der Waals surface area (Å²) in [6.45, 7) is 0.131. The number of fused-ring (bicyclic) bond motifs is 1. The molecule has 0 saturated carbocycles. The Labute approximate surface area is 130 Å². The second kappa shape index (κ2) is 5.21. The van der Waals surface area contributed by atoms with Gasteiger partial charge in [0.05, 0.1) is 17.2 Å². The molecule has 2 aliphatic rings. The Kier molecular flexibility index (Phi) is 3.33. The molecule has 2 aliphatic heterocycles. The third-order valence-corrected chi connectivity index (χ3v) is 4.05. The molecule has 4 amide bonds. The first-order chi connectivity index (χ1) is 10.9. The molecule has 1 atom stereocenters. The molecule has 2 heterocycles. The highest BCUT2D eigenvalue weighted by Crippen LogP contribution is 2.29. The number of benzene rings is 1. The van der Waals surface area contributed by atoms with E-state index < -0.39 is 23.8 Å². The molecule has 0 radical (unpaired) electrons. The predicted octanol–water partition coefficient (Wildman–Crippen LogP) is -0.582. The van der Waals surface area contributed by atoms with E-state index >= 15 is 0 Å². The van der Waals surface area contributed by atoms with E-state index in [4.69, 9.17) is 11.0 Å². The molecule has 1 saturated heterocycles. The van der Waals surface area contributed by atoms with Crippen LogP contribution >= 0.6 is 0 Å². The Morgan fingerprint density at radius 2 is 2.09 bits per heavy atom. The van der Waals surface area contributed by atoms with Gasteiger partial charge in [0.15, 0.2) is 0 Å². The molecular weight excluding hydrogens is 300 g/mol. The maximum absolute atomic E-state index is 12.5. The van der Waals surface area contributed by atoms with Crippen molar-refractivity contribution in [3.8, 4) is 6.07 Å². The Morgan fingerprint density at radius 3 is 2.70 bits per heavy atom. The molecule has 1 unspecified atom stereocenters. The summed E-state index contributed by atoms with van der Waals surface area (Å²) < 4.78 is 0. The molecule has 0 spiro atoms. The molecule has 0 aromatic heterocycles. The summed E-state index contributed by atoms with van der Waals surface area (Å²) in [5, 5.41) is 11.3. The number of piperidine rings is 1. The number of carbonyl (C=O) groups excluding carboxylic acids is 4. The van der Waals surface area contributed by atoms with E-state index in [-0.39, 0.29) is 42.0 Å². The second-order valence-corrected chi connectivity index (χ2v) is 5.43. The van der Waals surface area contributed by atoms with Gasteiger partial charge >= 0.3 is 0 Å². The first kappa shape index (κ1) is 14.7. The monoisotopic (exact) mass is 312 g/mol. The highest BCUT2D eigenvalue weighted by molar-refractivity contribution is 6.06. The lowest BCUT2D eigenvalue weighted by Crippen LogP contribution is -2.52. The van der Waals surface area contributed by atoms with Gasteiger partial charge in [-0.05, 0) is 24.1 Å². The van der Waals surface area contributed by atoms with Crippen LogP contribution in [0.25, 0.3) is 0 Å². The van der Waals surface area contributed by atoms with Crippen molar-refractivity contribution >= 4 is 23.6 Å². The van der Waals surface area contributed by atoms with Crippen molar-refractivity contribution in [3.05, 3.63) is 34.4 Å². The standard InChI is InChI=1S/C15H12N4O4/c16-5-7-3-10-8(4-9(7)13(17)21)6-19(15(10)23)11-1-2-12(20)18-14(11)22/h3-4,11H,1-2,6H2,(H2,17,21)(H,18,20,22). The van der Waals surface area contributed by atoms with Crippen LogP contribution in [0, 0.1) is 11.3 Å². The number of nitrogens with one attached hydrogen (secondary N) is 1. The van der Waals surface area contributed by atoms with E-state index in [0.29, 0.717) is 5.56 Å². The number of hydrogen-bond acceptors (Lipinski definition) is 5. The van der Waals surface area contributed by atoms with E-state index in [1.165, 1.54) is 17.0 Å². The summed E-state index contributed by atoms with van der Waals surface area (Å²) in [4.78, 5) is 48.4. The fraction of sp³-hybridized carbons (Fsp3) is 0.267. The van der Waals surface area contributed by atoms with Gasteiger partial charge in [0.25, 0.3) is 5.91 Å². The number of rotatable bonds is 2. The normalized spacial score (nSPS) is 20.0. The van der Waals surface area contributed by atoms with Crippen LogP contribution in [0.5, 0.6) is 0 Å². The summed E-state index contributed by atoms with van der Waals surface area (Å²) in [5.41, 5.74) is 6.12. The van der Waals surface area contributed by atoms with Crippen molar-refractivity contribution in [2.75, 3.05) is 0 Å². The zero-order chi connectivity index (χ0) is 16.7. The average Bonchev–Trinajstić information content (AvgIpc) is 2.82. The number of carbonyl (C=O) groups is 4. The molecule has 1 aromatic carbocycles. The van der Waals surface area contributed by atoms with Gasteiger partial charge in [0.1, 0.15) is 6.04 Å². The minimum atomic E-state index is -0.753. The van der Waals surface area contributed by atoms with E-state index in [1.54, 1.807) is 0 Å². The number of amides is 4. The number of imide groups is 1. The van der Waals surface area contributed by atoms with Gasteiger partial charge in [0, 0.05) is 18.5 Å². The van der Waals surface area contributed by atoms with E-state index in [1.807, 2.05) is 6.07 Å². The summed E-state index contributed by atoms with van der Waals surface area (Å²) in [6.07, 6.45) is 0.407. The van der Waals surface area contributed by atoms with Gasteiger partial charge in [-0.1, -0.05) is 0 Å². The Balaban J connectivity index is 1.96. The maximum atomic E-state index is 12.5. The highest BCUT2D eigenvalue weighted by atomic mass is 16.2. The molecule has 8 nitrogen and oxygen atoms in total. The third kappa shape index (κ3) is 2.32. The predicted molar refractivity (Wildman–Crippen MR) is 75.7 cm³/mol. The van der Waals surface area contributed by atoms with E-state index in [2.05, 4.69) is 5.32 Å². The van der Waals surface area contributed by atoms with Gasteiger partial charge in [0.2, 0.25) is 17.7 Å². The molecule has 0 aliphatic carbocycles. The van der Waals surface area contributed by atoms with Gasteiger partial charge in [-0.25, -0.2) is 0 Å². The fourth-order valence-corrected chi connectivity index (χ4v) is 2.91. The van der Waals surface area contributed by atoms with Gasteiger partial charge in [-0.2, -0.15) is 5.26 Å². The fourth-order valence-electron chi connectivity index (χ4n) is 2.91. The van der Waals surface area contributed by atoms with Crippen LogP contribution in [0.4, 0.5) is 0 Å². The first-order valence-electron chi connectivity index (χ1n) is 6.94. The minimum absolute atomic E-state index is 0.0229. The van der Waals surface area contributed by atoms with Crippen molar-refractivity contribution in [1.29, 1.82) is 5.26 Å². The molecule has 0 bridgehead atoms. The van der Waals surface area contributed by atoms with Crippen molar-refractivity contribution in [1.82, 2.24) is 10.2 Å². The topological polar surface area (TPSA) is 133 Å². The molecule has 3 N–H and O–H groups in total. The van der Waals surface area contributed by atoms with Crippen LogP contribution in [-0.4, -0.2) is 34.6 Å². The summed E-state index contributed by atoms with van der Waals surface area (Å²) in [7, 11) is 0. The van der Waals surface area contributed by atoms with Crippen LogP contribution < -0.4 is 11.1 Å². The molecule has 1 aromatic rings. The number of nitrogens with zero attached hydrogens (tertiary/aromatic N) is 2. The number of nitrogens with two attached hydrogens (primary N) is 1. The molecule has 116 valence electrons. The Morgan fingerprint density at radius 1 is 1.35 bits per heavy atom. The lowest BCUT2D eigenvalue weighted by atomic mass is 10.00. The van der Waals surface area contributed by atoms with Crippen LogP contribution in [0.1, 0.15) is 44.7 Å². The zero-order valence-electron chi connectivity index (χ0n) is 12.0. The molecular formula is C15H12N4O4. The summed E-state index contributed by atoms with van der Waals surface area (Å²) >= 11 is 0. The minimum Gasteiger partial charge on any atom is -0.366 e. The SMILES string of the molecule is N#Cc1cc2c(cc1C(N)=O)CN(C1CCC(=O)NC1=O)C2=O. The molecule has 23 heavy (non-hydrogen) atoms. The van der Waals surface area contributed by atoms with Crippen molar-refractivity contribution in [2.24, 2.45) is 5.73 Å². The summed E-state index contributed by atoms with van der Waals surface area (Å²) in [6, 6.07) is 3.84. The second-order valence-electron chi connectivity index (χ2n) is 5.43. The molecule has 3 rings (SSSR count). The lowest BCUT2D eigenvalue weighted by Gasteiger charge is -2.29. The van der Waals surface area contributed by atoms with Crippen molar-refractivity contribution in [2.45, 2.75) is 25.4 Å². The lowest BCUT2D eigenvalue weighted by molar-refractivity contribution is -0.136. The molecule has 1 fully saturated rings. The first-order valence-corrected chi connectivity index (χ1v) is 6.94. The number of nitriles is 1. The van der Waals surface area contributed by atoms with Crippen LogP contribution in [0.15, 0.2) is 12.1 Å². The van der Waals surface area contributed by atoms with Crippen molar-refractivity contribution in [3.63, 3.8) is 0 Å². The van der Waals surface area contributed by atoms with E-state index in [0.717, 1.165) is 0 Å². The highest BCUT2D eigenvalue weighted by Gasteiger charge is 2.39. The zero-order valence-corrected chi connectivity index (χ0v) is 12.0. The van der Waals surface area contributed by atoms with Gasteiger partial charge in [-0.3, -0.25) is 24.5 Å².